The third-order valence-corrected chi connectivity index (χ3v) is 0.632. The normalized spacial score (nSPS) is 6.36. The molecule has 0 radical (unpaired) electrons. The molecule has 0 spiro atoms. The second-order valence-electron chi connectivity index (χ2n) is 0.594. The van der Waals surface area contributed by atoms with E-state index in [1.807, 2.05) is 0 Å². The molecule has 0 saturated heterocycles. The van der Waals surface area contributed by atoms with Crippen LogP contribution >= 0.6 is 0 Å². The van der Waals surface area contributed by atoms with Gasteiger partial charge >= 0.3 is 10.4 Å². The fourth-order valence-corrected chi connectivity index (χ4v) is 0. The van der Waals surface area contributed by atoms with Gasteiger partial charge in [0.15, 0.2) is 0 Å². The average molecular weight is 202 g/mol. The van der Waals surface area contributed by atoms with E-state index in [9.17, 15) is 8.42 Å². The molecule has 0 rings (SSSR count). The van der Waals surface area contributed by atoms with E-state index >= 15 is 0 Å². The zero-order valence-electron chi connectivity index (χ0n) is 5.58. The molecular formula is CH14O9S. The fourth-order valence-electron chi connectivity index (χ4n) is 0. The van der Waals surface area contributed by atoms with Crippen molar-refractivity contribution in [1.82, 2.24) is 0 Å². The summed E-state index contributed by atoms with van der Waals surface area (Å²) in [5, 5.41) is 0. The lowest BCUT2D eigenvalue weighted by Crippen LogP contribution is -1.96. The Morgan fingerprint density at radius 3 is 1.09 bits per heavy atom. The van der Waals surface area contributed by atoms with E-state index in [1.165, 1.54) is 0 Å². The first-order chi connectivity index (χ1) is 2.56. The molecule has 78 valence electrons. The summed E-state index contributed by atoms with van der Waals surface area (Å²) in [5.74, 6) is 0. The van der Waals surface area contributed by atoms with Crippen LogP contribution in [0, 0.1) is 0 Å². The Labute approximate surface area is 63.1 Å². The Morgan fingerprint density at radius 1 is 1.00 bits per heavy atom. The molecule has 0 aromatic heterocycles. The molecule has 0 aliphatic carbocycles. The summed E-state index contributed by atoms with van der Waals surface area (Å²) < 4.78 is 29.7. The summed E-state index contributed by atoms with van der Waals surface area (Å²) in [6, 6.07) is 0. The van der Waals surface area contributed by atoms with Crippen molar-refractivity contribution in [3.63, 3.8) is 0 Å². The summed E-state index contributed by atoms with van der Waals surface area (Å²) in [6.45, 7) is 0. The Balaban J connectivity index is -0.0000000125. The lowest BCUT2D eigenvalue weighted by Gasteiger charge is -1.82. The van der Waals surface area contributed by atoms with Crippen molar-refractivity contribution >= 4 is 10.4 Å². The van der Waals surface area contributed by atoms with Crippen LogP contribution in [0.2, 0.25) is 0 Å². The van der Waals surface area contributed by atoms with E-state index in [-0.39, 0.29) is 27.4 Å². The summed E-state index contributed by atoms with van der Waals surface area (Å²) >= 11 is 0. The predicted octanol–water partition coefficient (Wildman–Crippen LogP) is -4.69. The molecule has 0 bridgehead atoms. The van der Waals surface area contributed by atoms with Gasteiger partial charge in [0.25, 0.3) is 0 Å². The standard InChI is InChI=1S/CH4O4S.5H2O/c1-5-6(2,3)4;;;;;/h1H3,(H,2,3,4);5*1H2. The van der Waals surface area contributed by atoms with Crippen LogP contribution in [-0.2, 0) is 14.6 Å². The van der Waals surface area contributed by atoms with Crippen LogP contribution in [0.15, 0.2) is 0 Å². The van der Waals surface area contributed by atoms with Gasteiger partial charge in [-0.3, -0.25) is 8.74 Å². The minimum Gasteiger partial charge on any atom is -0.412 e. The molecule has 9 nitrogen and oxygen atoms in total. The minimum absolute atomic E-state index is 0. The largest absolute Gasteiger partial charge is 0.412 e. The van der Waals surface area contributed by atoms with E-state index in [2.05, 4.69) is 4.18 Å². The third kappa shape index (κ3) is 79.8. The quantitative estimate of drug-likeness (QED) is 0.413. The highest BCUT2D eigenvalue weighted by Gasteiger charge is 1.93. The van der Waals surface area contributed by atoms with Gasteiger partial charge in [0.2, 0.25) is 0 Å². The Bertz CT molecular complexity index is 112. The maximum Gasteiger partial charge on any atom is 0.397 e. The van der Waals surface area contributed by atoms with Gasteiger partial charge in [0, 0.05) is 0 Å². The molecule has 0 amide bonds. The fraction of sp³-hybridized carbons (Fsp3) is 1.00. The molecule has 0 atom stereocenters. The SMILES string of the molecule is COS(=O)(=O)O.O.O.O.O.O. The molecule has 11 heavy (non-hydrogen) atoms. The monoisotopic (exact) mass is 202 g/mol. The van der Waals surface area contributed by atoms with Crippen LogP contribution in [0.5, 0.6) is 0 Å². The second kappa shape index (κ2) is 16.3. The van der Waals surface area contributed by atoms with Gasteiger partial charge in [0.05, 0.1) is 7.11 Å². The lowest BCUT2D eigenvalue weighted by atomic mass is 11.8. The van der Waals surface area contributed by atoms with Crippen molar-refractivity contribution in [1.29, 1.82) is 0 Å². The second-order valence-corrected chi connectivity index (χ2v) is 1.78. The smallest absolute Gasteiger partial charge is 0.397 e. The van der Waals surface area contributed by atoms with E-state index in [1.54, 1.807) is 0 Å². The summed E-state index contributed by atoms with van der Waals surface area (Å²) in [5.41, 5.74) is 0. The third-order valence-electron chi connectivity index (χ3n) is 0.211. The first kappa shape index (κ1) is 45.7. The Morgan fingerprint density at radius 2 is 1.09 bits per heavy atom. The van der Waals surface area contributed by atoms with E-state index in [4.69, 9.17) is 4.55 Å². The molecule has 0 saturated carbocycles. The summed E-state index contributed by atoms with van der Waals surface area (Å²) in [6.07, 6.45) is 0. The van der Waals surface area contributed by atoms with Crippen molar-refractivity contribution in [2.24, 2.45) is 0 Å². The van der Waals surface area contributed by atoms with Gasteiger partial charge in [-0.15, -0.1) is 0 Å². The van der Waals surface area contributed by atoms with Crippen molar-refractivity contribution in [3.05, 3.63) is 0 Å². The van der Waals surface area contributed by atoms with Crippen LogP contribution in [0.1, 0.15) is 0 Å². The first-order valence-corrected chi connectivity index (χ1v) is 2.46. The predicted molar refractivity (Wildman–Crippen MR) is 36.6 cm³/mol. The molecule has 11 N–H and O–H groups in total. The Hall–Kier alpha value is -0.330. The molecule has 0 aromatic rings. The van der Waals surface area contributed by atoms with Gasteiger partial charge in [-0.05, 0) is 0 Å². The van der Waals surface area contributed by atoms with Crippen molar-refractivity contribution in [3.8, 4) is 0 Å². The highest BCUT2D eigenvalue weighted by molar-refractivity contribution is 7.80. The molecule has 0 fully saturated rings. The van der Waals surface area contributed by atoms with Crippen LogP contribution in [-0.4, -0.2) is 47.5 Å². The molecule has 10 heteroatoms. The number of hydrogen-bond acceptors (Lipinski definition) is 3. The van der Waals surface area contributed by atoms with Gasteiger partial charge in [0.1, 0.15) is 0 Å². The van der Waals surface area contributed by atoms with Gasteiger partial charge < -0.3 is 27.4 Å². The molecule has 0 aromatic carbocycles. The van der Waals surface area contributed by atoms with Crippen LogP contribution in [0.25, 0.3) is 0 Å². The molecule has 0 aliphatic heterocycles. The maximum atomic E-state index is 9.33. The molecular weight excluding hydrogens is 188 g/mol. The topological polar surface area (TPSA) is 221 Å². The van der Waals surface area contributed by atoms with Crippen molar-refractivity contribution in [2.45, 2.75) is 0 Å². The van der Waals surface area contributed by atoms with Crippen LogP contribution in [0.3, 0.4) is 0 Å². The van der Waals surface area contributed by atoms with Crippen molar-refractivity contribution in [2.75, 3.05) is 7.11 Å². The van der Waals surface area contributed by atoms with Gasteiger partial charge in [-0.2, -0.15) is 8.42 Å². The maximum absolute atomic E-state index is 9.33. The zero-order valence-corrected chi connectivity index (χ0v) is 6.40. The van der Waals surface area contributed by atoms with Crippen LogP contribution in [0.4, 0.5) is 0 Å². The molecule has 0 heterocycles. The van der Waals surface area contributed by atoms with Crippen LogP contribution < -0.4 is 0 Å². The van der Waals surface area contributed by atoms with Crippen molar-refractivity contribution < 1.29 is 44.5 Å². The van der Waals surface area contributed by atoms with Gasteiger partial charge in [-0.25, -0.2) is 0 Å². The zero-order chi connectivity index (χ0) is 5.21. The highest BCUT2D eigenvalue weighted by atomic mass is 32.3. The minimum atomic E-state index is -4.16. The Kier molecular flexibility index (Phi) is 68.0. The number of rotatable bonds is 1. The highest BCUT2D eigenvalue weighted by Crippen LogP contribution is 1.74. The lowest BCUT2D eigenvalue weighted by molar-refractivity contribution is 0.324. The van der Waals surface area contributed by atoms with E-state index in [0.717, 1.165) is 7.11 Å². The summed E-state index contributed by atoms with van der Waals surface area (Å²) in [7, 11) is -3.29. The number of hydrogen-bond donors (Lipinski definition) is 1. The molecule has 0 aliphatic rings. The van der Waals surface area contributed by atoms with Gasteiger partial charge in [-0.1, -0.05) is 0 Å². The van der Waals surface area contributed by atoms with E-state index in [0.29, 0.717) is 0 Å². The first-order valence-electron chi connectivity index (χ1n) is 1.09. The van der Waals surface area contributed by atoms with E-state index < -0.39 is 10.4 Å². The summed E-state index contributed by atoms with van der Waals surface area (Å²) in [4.78, 5) is 0. The average Bonchev–Trinajstić information content (AvgIpc) is 1.35. The molecule has 0 unspecified atom stereocenters.